The van der Waals surface area contributed by atoms with Gasteiger partial charge in [-0.3, -0.25) is 0 Å². The highest BCUT2D eigenvalue weighted by molar-refractivity contribution is 6.01. The van der Waals surface area contributed by atoms with Crippen molar-refractivity contribution in [3.63, 3.8) is 0 Å². The first-order valence-electron chi connectivity index (χ1n) is 5.86. The van der Waals surface area contributed by atoms with Crippen LogP contribution in [0, 0.1) is 16.7 Å². The van der Waals surface area contributed by atoms with Crippen LogP contribution in [0.25, 0.3) is 0 Å². The Kier molecular flexibility index (Phi) is 5.84. The van der Waals surface area contributed by atoms with E-state index in [1.165, 1.54) is 0 Å². The molecule has 0 amide bonds. The first-order valence-corrected chi connectivity index (χ1v) is 5.86. The zero-order chi connectivity index (χ0) is 14.1. The molecular weight excluding hydrogens is 236 g/mol. The number of rotatable bonds is 6. The van der Waals surface area contributed by atoms with Crippen LogP contribution in [0.3, 0.4) is 0 Å². The molecule has 0 heterocycles. The maximum atomic E-state index is 8.56. The van der Waals surface area contributed by atoms with E-state index in [1.807, 2.05) is 43.3 Å². The first kappa shape index (κ1) is 14.5. The lowest BCUT2D eigenvalue weighted by atomic mass is 10.1. The van der Waals surface area contributed by atoms with Gasteiger partial charge in [-0.2, -0.15) is 5.26 Å². The molecule has 0 aliphatic rings. The minimum atomic E-state index is 0.0737. The number of hydrogen-bond donors (Lipinski definition) is 1. The van der Waals surface area contributed by atoms with Gasteiger partial charge in [0.25, 0.3) is 0 Å². The van der Waals surface area contributed by atoms with Crippen LogP contribution in [0.1, 0.15) is 13.3 Å². The van der Waals surface area contributed by atoms with Crippen molar-refractivity contribution in [2.24, 2.45) is 0 Å². The lowest BCUT2D eigenvalue weighted by Crippen LogP contribution is -1.97. The summed E-state index contributed by atoms with van der Waals surface area (Å²) < 4.78 is 5.60. The molecule has 3 nitrogen and oxygen atoms in total. The predicted molar refractivity (Wildman–Crippen MR) is 77.1 cm³/mol. The van der Waals surface area contributed by atoms with Gasteiger partial charge >= 0.3 is 0 Å². The Morgan fingerprint density at radius 1 is 1.37 bits per heavy atom. The van der Waals surface area contributed by atoms with E-state index in [0.717, 1.165) is 5.75 Å². The SMILES string of the molecule is C=C/C(=C\C=C(C)Oc1ccccc1)C(=N)CC#N. The molecule has 3 heteroatoms. The Morgan fingerprint density at radius 2 is 2.05 bits per heavy atom. The molecule has 0 atom stereocenters. The van der Waals surface area contributed by atoms with Gasteiger partial charge < -0.3 is 10.1 Å². The second-order valence-electron chi connectivity index (χ2n) is 3.83. The highest BCUT2D eigenvalue weighted by Crippen LogP contribution is 2.13. The summed E-state index contributed by atoms with van der Waals surface area (Å²) in [6.45, 7) is 5.47. The zero-order valence-corrected chi connectivity index (χ0v) is 10.9. The predicted octanol–water partition coefficient (Wildman–Crippen LogP) is 4.02. The van der Waals surface area contributed by atoms with Gasteiger partial charge in [0.05, 0.1) is 18.2 Å². The monoisotopic (exact) mass is 252 g/mol. The van der Waals surface area contributed by atoms with Gasteiger partial charge in [0.15, 0.2) is 0 Å². The Balaban J connectivity index is 2.75. The molecule has 1 aromatic rings. The number of allylic oxidation sites excluding steroid dienone is 5. The van der Waals surface area contributed by atoms with Crippen molar-refractivity contribution in [3.8, 4) is 11.8 Å². The van der Waals surface area contributed by atoms with Gasteiger partial charge in [-0.05, 0) is 36.8 Å². The van der Waals surface area contributed by atoms with Crippen LogP contribution in [0.15, 0.2) is 66.5 Å². The third-order valence-corrected chi connectivity index (χ3v) is 2.34. The van der Waals surface area contributed by atoms with Gasteiger partial charge in [-0.25, -0.2) is 0 Å². The van der Waals surface area contributed by atoms with E-state index in [0.29, 0.717) is 11.3 Å². The minimum absolute atomic E-state index is 0.0737. The van der Waals surface area contributed by atoms with Crippen molar-refractivity contribution in [1.29, 1.82) is 10.7 Å². The second-order valence-corrected chi connectivity index (χ2v) is 3.83. The van der Waals surface area contributed by atoms with Gasteiger partial charge in [-0.1, -0.05) is 30.9 Å². The third kappa shape index (κ3) is 5.05. The first-order chi connectivity index (χ1) is 9.17. The molecule has 96 valence electrons. The van der Waals surface area contributed by atoms with Crippen LogP contribution in [0.5, 0.6) is 5.75 Å². The van der Waals surface area contributed by atoms with Crippen LogP contribution in [-0.4, -0.2) is 5.71 Å². The summed E-state index contributed by atoms with van der Waals surface area (Å²) in [5.74, 6) is 1.47. The molecule has 0 bridgehead atoms. The maximum Gasteiger partial charge on any atom is 0.126 e. The van der Waals surface area contributed by atoms with E-state index in [9.17, 15) is 0 Å². The Hall–Kier alpha value is -2.60. The molecule has 0 saturated carbocycles. The summed E-state index contributed by atoms with van der Waals surface area (Å²) in [6.07, 6.45) is 5.12. The standard InChI is InChI=1S/C16H16N2O/c1-3-14(16(18)11-12-17)10-9-13(2)19-15-7-5-4-6-8-15/h3-10,18H,1,11H2,2H3/b13-9?,14-10+,18-16?. The molecule has 19 heavy (non-hydrogen) atoms. The van der Waals surface area contributed by atoms with Crippen molar-refractivity contribution in [1.82, 2.24) is 0 Å². The van der Waals surface area contributed by atoms with Gasteiger partial charge in [0, 0.05) is 0 Å². The highest BCUT2D eigenvalue weighted by Gasteiger charge is 1.99. The third-order valence-electron chi connectivity index (χ3n) is 2.34. The zero-order valence-electron chi connectivity index (χ0n) is 10.9. The van der Waals surface area contributed by atoms with Gasteiger partial charge in [-0.15, -0.1) is 0 Å². The van der Waals surface area contributed by atoms with Gasteiger partial charge in [0.1, 0.15) is 11.5 Å². The summed E-state index contributed by atoms with van der Waals surface area (Å²) in [4.78, 5) is 0. The Bertz CT molecular complexity index is 548. The normalized spacial score (nSPS) is 11.6. The average Bonchev–Trinajstić information content (AvgIpc) is 2.41. The second kappa shape index (κ2) is 7.67. The Labute approximate surface area is 113 Å². The molecule has 0 saturated heterocycles. The van der Waals surface area contributed by atoms with Crippen LogP contribution in [0.4, 0.5) is 0 Å². The summed E-state index contributed by atoms with van der Waals surface area (Å²) >= 11 is 0. The lowest BCUT2D eigenvalue weighted by Gasteiger charge is -2.04. The quantitative estimate of drug-likeness (QED) is 0.472. The topological polar surface area (TPSA) is 56.9 Å². The number of ether oxygens (including phenoxy) is 1. The number of benzene rings is 1. The van der Waals surface area contributed by atoms with Gasteiger partial charge in [0.2, 0.25) is 0 Å². The largest absolute Gasteiger partial charge is 0.462 e. The van der Waals surface area contributed by atoms with E-state index in [2.05, 4.69) is 6.58 Å². The molecule has 0 fully saturated rings. The van der Waals surface area contributed by atoms with Crippen LogP contribution < -0.4 is 4.74 Å². The van der Waals surface area contributed by atoms with Crippen molar-refractivity contribution < 1.29 is 4.74 Å². The van der Waals surface area contributed by atoms with E-state index in [4.69, 9.17) is 15.4 Å². The average molecular weight is 252 g/mol. The minimum Gasteiger partial charge on any atom is -0.462 e. The van der Waals surface area contributed by atoms with E-state index in [-0.39, 0.29) is 12.1 Å². The molecule has 0 unspecified atom stereocenters. The fourth-order valence-corrected chi connectivity index (χ4v) is 1.39. The number of para-hydroxylation sites is 1. The number of nitriles is 1. The molecule has 0 spiro atoms. The summed E-state index contributed by atoms with van der Waals surface area (Å²) in [7, 11) is 0. The summed E-state index contributed by atoms with van der Waals surface area (Å²) in [6, 6.07) is 11.4. The van der Waals surface area contributed by atoms with Crippen molar-refractivity contribution in [2.75, 3.05) is 0 Å². The van der Waals surface area contributed by atoms with Crippen LogP contribution >= 0.6 is 0 Å². The molecule has 0 aliphatic carbocycles. The molecule has 1 rings (SSSR count). The lowest BCUT2D eigenvalue weighted by molar-refractivity contribution is 0.428. The fourth-order valence-electron chi connectivity index (χ4n) is 1.39. The molecule has 0 radical (unpaired) electrons. The molecule has 1 N–H and O–H groups in total. The maximum absolute atomic E-state index is 8.56. The summed E-state index contributed by atoms with van der Waals surface area (Å²) in [5.41, 5.74) is 0.874. The number of nitrogens with zero attached hydrogens (tertiary/aromatic N) is 1. The van der Waals surface area contributed by atoms with Crippen LogP contribution in [0.2, 0.25) is 0 Å². The highest BCUT2D eigenvalue weighted by atomic mass is 16.5. The van der Waals surface area contributed by atoms with Crippen molar-refractivity contribution in [3.05, 3.63) is 66.5 Å². The molecule has 0 aliphatic heterocycles. The van der Waals surface area contributed by atoms with E-state index >= 15 is 0 Å². The molecule has 1 aromatic carbocycles. The summed E-state index contributed by atoms with van der Waals surface area (Å²) in [5, 5.41) is 16.2. The fraction of sp³-hybridized carbons (Fsp3) is 0.125. The molecule has 0 aromatic heterocycles. The number of hydrogen-bond acceptors (Lipinski definition) is 3. The number of nitrogens with one attached hydrogen (secondary N) is 1. The van der Waals surface area contributed by atoms with Crippen molar-refractivity contribution >= 4 is 5.71 Å². The van der Waals surface area contributed by atoms with Crippen molar-refractivity contribution in [2.45, 2.75) is 13.3 Å². The van der Waals surface area contributed by atoms with E-state index < -0.39 is 0 Å². The van der Waals surface area contributed by atoms with Crippen LogP contribution in [-0.2, 0) is 0 Å². The molecular formula is C16H16N2O. The Morgan fingerprint density at radius 3 is 2.63 bits per heavy atom. The smallest absolute Gasteiger partial charge is 0.126 e. The van der Waals surface area contributed by atoms with E-state index in [1.54, 1.807) is 18.2 Å².